The standard InChI is InChI=1S/C10H19N3O2/c1-4-13(7(2)3)10(15)8-5-12-9(14)6-11-8/h7-8,11H,4-6H2,1-3H3,(H,12,14). The maximum atomic E-state index is 12.0. The molecule has 0 aromatic heterocycles. The van der Waals surface area contributed by atoms with Crippen LogP contribution in [0.2, 0.25) is 0 Å². The van der Waals surface area contributed by atoms with Crippen LogP contribution in [0, 0.1) is 0 Å². The number of nitrogens with zero attached hydrogens (tertiary/aromatic N) is 1. The minimum atomic E-state index is -0.273. The van der Waals surface area contributed by atoms with Gasteiger partial charge in [-0.2, -0.15) is 0 Å². The topological polar surface area (TPSA) is 61.4 Å². The molecule has 1 unspecified atom stereocenters. The fraction of sp³-hybridized carbons (Fsp3) is 0.800. The molecule has 0 spiro atoms. The molecule has 1 fully saturated rings. The maximum Gasteiger partial charge on any atom is 0.241 e. The third-order valence-electron chi connectivity index (χ3n) is 2.56. The average Bonchev–Trinajstić information content (AvgIpc) is 2.19. The highest BCUT2D eigenvalue weighted by atomic mass is 16.2. The Morgan fingerprint density at radius 3 is 2.67 bits per heavy atom. The summed E-state index contributed by atoms with van der Waals surface area (Å²) in [5, 5.41) is 5.62. The number of piperazine rings is 1. The van der Waals surface area contributed by atoms with Crippen LogP contribution in [-0.4, -0.2) is 48.4 Å². The highest BCUT2D eigenvalue weighted by molar-refractivity contribution is 5.86. The minimum absolute atomic E-state index is 0.0494. The van der Waals surface area contributed by atoms with E-state index in [2.05, 4.69) is 10.6 Å². The van der Waals surface area contributed by atoms with Crippen molar-refractivity contribution in [2.45, 2.75) is 32.9 Å². The lowest BCUT2D eigenvalue weighted by molar-refractivity contribution is -0.136. The molecule has 5 heteroatoms. The monoisotopic (exact) mass is 213 g/mol. The van der Waals surface area contributed by atoms with Crippen LogP contribution >= 0.6 is 0 Å². The van der Waals surface area contributed by atoms with Gasteiger partial charge >= 0.3 is 0 Å². The van der Waals surface area contributed by atoms with Gasteiger partial charge in [-0.15, -0.1) is 0 Å². The fourth-order valence-corrected chi connectivity index (χ4v) is 1.72. The van der Waals surface area contributed by atoms with Crippen LogP contribution in [0.5, 0.6) is 0 Å². The van der Waals surface area contributed by atoms with Gasteiger partial charge in [-0.3, -0.25) is 14.9 Å². The molecule has 86 valence electrons. The highest BCUT2D eigenvalue weighted by Crippen LogP contribution is 2.02. The largest absolute Gasteiger partial charge is 0.353 e. The van der Waals surface area contributed by atoms with Crippen LogP contribution in [0.15, 0.2) is 0 Å². The molecule has 0 saturated carbocycles. The van der Waals surface area contributed by atoms with E-state index in [-0.39, 0.29) is 30.4 Å². The van der Waals surface area contributed by atoms with Crippen molar-refractivity contribution in [1.82, 2.24) is 15.5 Å². The lowest BCUT2D eigenvalue weighted by Gasteiger charge is -2.31. The van der Waals surface area contributed by atoms with Crippen LogP contribution < -0.4 is 10.6 Å². The van der Waals surface area contributed by atoms with Crippen molar-refractivity contribution in [2.75, 3.05) is 19.6 Å². The Morgan fingerprint density at radius 1 is 1.60 bits per heavy atom. The zero-order valence-electron chi connectivity index (χ0n) is 9.54. The second-order valence-corrected chi connectivity index (χ2v) is 3.96. The van der Waals surface area contributed by atoms with Crippen molar-refractivity contribution in [3.63, 3.8) is 0 Å². The molecule has 1 atom stereocenters. The quantitative estimate of drug-likeness (QED) is 0.653. The summed E-state index contributed by atoms with van der Waals surface area (Å²) in [7, 11) is 0. The zero-order valence-corrected chi connectivity index (χ0v) is 9.54. The van der Waals surface area contributed by atoms with Crippen LogP contribution in [0.4, 0.5) is 0 Å². The van der Waals surface area contributed by atoms with Crippen LogP contribution in [0.25, 0.3) is 0 Å². The lowest BCUT2D eigenvalue weighted by atomic mass is 10.2. The molecule has 2 amide bonds. The molecule has 5 nitrogen and oxygen atoms in total. The Hall–Kier alpha value is -1.10. The van der Waals surface area contributed by atoms with E-state index in [0.717, 1.165) is 0 Å². The van der Waals surface area contributed by atoms with Gasteiger partial charge in [-0.05, 0) is 20.8 Å². The summed E-state index contributed by atoms with van der Waals surface area (Å²) in [6.07, 6.45) is 0. The van der Waals surface area contributed by atoms with E-state index in [0.29, 0.717) is 13.1 Å². The third kappa shape index (κ3) is 2.92. The van der Waals surface area contributed by atoms with E-state index in [1.54, 1.807) is 4.90 Å². The summed E-state index contributed by atoms with van der Waals surface area (Å²) in [5.74, 6) is 0.0131. The second kappa shape index (κ2) is 5.11. The van der Waals surface area contributed by atoms with E-state index in [1.807, 2.05) is 20.8 Å². The number of amides is 2. The van der Waals surface area contributed by atoms with Gasteiger partial charge in [-0.1, -0.05) is 0 Å². The Labute approximate surface area is 90.2 Å². The van der Waals surface area contributed by atoms with Crippen LogP contribution in [0.1, 0.15) is 20.8 Å². The first kappa shape index (κ1) is 12.0. The third-order valence-corrected chi connectivity index (χ3v) is 2.56. The first-order valence-corrected chi connectivity index (χ1v) is 5.36. The van der Waals surface area contributed by atoms with Crippen molar-refractivity contribution >= 4 is 11.8 Å². The smallest absolute Gasteiger partial charge is 0.241 e. The first-order valence-electron chi connectivity index (χ1n) is 5.36. The van der Waals surface area contributed by atoms with E-state index < -0.39 is 0 Å². The van der Waals surface area contributed by atoms with Gasteiger partial charge in [0.2, 0.25) is 11.8 Å². The predicted molar refractivity (Wildman–Crippen MR) is 57.3 cm³/mol. The Balaban J connectivity index is 2.55. The molecule has 0 aromatic rings. The van der Waals surface area contributed by atoms with E-state index in [1.165, 1.54) is 0 Å². The normalized spacial score (nSPS) is 21.3. The molecule has 1 rings (SSSR count). The van der Waals surface area contributed by atoms with Gasteiger partial charge in [-0.25, -0.2) is 0 Å². The average molecular weight is 213 g/mol. The van der Waals surface area contributed by atoms with Gasteiger partial charge in [0.25, 0.3) is 0 Å². The molecule has 0 bridgehead atoms. The van der Waals surface area contributed by atoms with E-state index in [4.69, 9.17) is 0 Å². The number of likely N-dealkylation sites (N-methyl/N-ethyl adjacent to an activating group) is 1. The number of hydrogen-bond acceptors (Lipinski definition) is 3. The van der Waals surface area contributed by atoms with Crippen molar-refractivity contribution in [3.05, 3.63) is 0 Å². The number of rotatable bonds is 3. The molecule has 1 heterocycles. The van der Waals surface area contributed by atoms with Crippen LogP contribution in [0.3, 0.4) is 0 Å². The van der Waals surface area contributed by atoms with Gasteiger partial charge in [0, 0.05) is 19.1 Å². The Bertz CT molecular complexity index is 243. The second-order valence-electron chi connectivity index (χ2n) is 3.96. The molecule has 15 heavy (non-hydrogen) atoms. The SMILES string of the molecule is CCN(C(=O)C1CNC(=O)CN1)C(C)C. The number of nitrogens with one attached hydrogen (secondary N) is 2. The summed E-state index contributed by atoms with van der Waals surface area (Å²) >= 11 is 0. The predicted octanol–water partition coefficient (Wildman–Crippen LogP) is -0.669. The fourth-order valence-electron chi connectivity index (χ4n) is 1.72. The highest BCUT2D eigenvalue weighted by Gasteiger charge is 2.28. The molecule has 0 radical (unpaired) electrons. The van der Waals surface area contributed by atoms with Crippen molar-refractivity contribution in [2.24, 2.45) is 0 Å². The molecule has 1 saturated heterocycles. The van der Waals surface area contributed by atoms with E-state index in [9.17, 15) is 9.59 Å². The summed E-state index contributed by atoms with van der Waals surface area (Å²) in [5.41, 5.74) is 0. The van der Waals surface area contributed by atoms with Crippen molar-refractivity contribution in [1.29, 1.82) is 0 Å². The van der Waals surface area contributed by atoms with E-state index >= 15 is 0 Å². The zero-order chi connectivity index (χ0) is 11.4. The molecule has 0 aliphatic carbocycles. The maximum absolute atomic E-state index is 12.0. The van der Waals surface area contributed by atoms with Gasteiger partial charge in [0.05, 0.1) is 6.54 Å². The molecule has 1 aliphatic heterocycles. The molecular formula is C10H19N3O2. The lowest BCUT2D eigenvalue weighted by Crippen LogP contribution is -2.59. The van der Waals surface area contributed by atoms with Gasteiger partial charge in [0.1, 0.15) is 6.04 Å². The number of hydrogen-bond donors (Lipinski definition) is 2. The number of carbonyl (C=O) groups excluding carboxylic acids is 2. The minimum Gasteiger partial charge on any atom is -0.353 e. The summed E-state index contributed by atoms with van der Waals surface area (Å²) < 4.78 is 0. The molecule has 1 aliphatic rings. The Morgan fingerprint density at radius 2 is 2.27 bits per heavy atom. The van der Waals surface area contributed by atoms with Crippen LogP contribution in [-0.2, 0) is 9.59 Å². The Kier molecular flexibility index (Phi) is 4.08. The summed E-state index contributed by atoms with van der Waals surface area (Å²) in [4.78, 5) is 24.7. The van der Waals surface area contributed by atoms with Crippen molar-refractivity contribution < 1.29 is 9.59 Å². The molecular weight excluding hydrogens is 194 g/mol. The summed E-state index contributed by atoms with van der Waals surface area (Å²) in [6.45, 7) is 7.25. The molecule has 0 aromatic carbocycles. The number of carbonyl (C=O) groups is 2. The molecule has 2 N–H and O–H groups in total. The van der Waals surface area contributed by atoms with Gasteiger partial charge in [0.15, 0.2) is 0 Å². The van der Waals surface area contributed by atoms with Gasteiger partial charge < -0.3 is 10.2 Å². The summed E-state index contributed by atoms with van der Waals surface area (Å²) in [6, 6.07) is -0.0769. The first-order chi connectivity index (χ1) is 7.06. The van der Waals surface area contributed by atoms with Crippen molar-refractivity contribution in [3.8, 4) is 0 Å².